The van der Waals surface area contributed by atoms with Gasteiger partial charge in [0, 0.05) is 17.0 Å². The molecule has 3 atom stereocenters. The summed E-state index contributed by atoms with van der Waals surface area (Å²) < 4.78 is 5.57. The summed E-state index contributed by atoms with van der Waals surface area (Å²) in [5, 5.41) is 14.6. The van der Waals surface area contributed by atoms with Gasteiger partial charge in [-0.25, -0.2) is 0 Å². The smallest absolute Gasteiger partial charge is 0.224 e. The van der Waals surface area contributed by atoms with Gasteiger partial charge >= 0.3 is 0 Å². The molecule has 2 N–H and O–H groups in total. The number of aliphatic hydroxyl groups is 1. The molecule has 2 fully saturated rings. The molecular formula is C20H26N2O3. The van der Waals surface area contributed by atoms with Crippen molar-refractivity contribution < 1.29 is 14.3 Å². The minimum Gasteiger partial charge on any atom is -0.464 e. The fraction of sp³-hybridized carbons (Fsp3) is 0.550. The van der Waals surface area contributed by atoms with E-state index in [1.165, 1.54) is 12.8 Å². The molecule has 0 radical (unpaired) electrons. The third kappa shape index (κ3) is 3.31. The molecule has 0 spiro atoms. The van der Waals surface area contributed by atoms with Gasteiger partial charge in [-0.3, -0.25) is 9.69 Å². The maximum atomic E-state index is 12.5. The lowest BCUT2D eigenvalue weighted by atomic mass is 10.1. The molecule has 2 heterocycles. The monoisotopic (exact) mass is 342 g/mol. The van der Waals surface area contributed by atoms with Gasteiger partial charge in [-0.05, 0) is 57.3 Å². The standard InChI is InChI=1S/C20H26N2O3/c1-13-4-5-15-14(12-25-18(15)10-13)11-19(23)21-16-6-7-17(20(16)24)22-8-2-3-9-22/h4-5,10,12,16-17,20,24H,2-3,6-9,11H2,1H3,(H,21,23)/t16-,17-,20-/m1/s1. The number of likely N-dealkylation sites (tertiary alicyclic amines) is 1. The van der Waals surface area contributed by atoms with E-state index in [9.17, 15) is 9.90 Å². The van der Waals surface area contributed by atoms with Crippen molar-refractivity contribution in [1.29, 1.82) is 0 Å². The topological polar surface area (TPSA) is 65.7 Å². The van der Waals surface area contributed by atoms with Gasteiger partial charge in [-0.1, -0.05) is 12.1 Å². The molecule has 4 rings (SSSR count). The Bertz CT molecular complexity index is 763. The molecule has 1 saturated heterocycles. The number of aryl methyl sites for hydroxylation is 1. The van der Waals surface area contributed by atoms with E-state index < -0.39 is 6.10 Å². The SMILES string of the molecule is Cc1ccc2c(CC(=O)N[C@@H]3CC[C@@H](N4CCCC4)[C@@H]3O)coc2c1. The van der Waals surface area contributed by atoms with Crippen molar-refractivity contribution in [2.24, 2.45) is 0 Å². The lowest BCUT2D eigenvalue weighted by molar-refractivity contribution is -0.121. The average molecular weight is 342 g/mol. The number of furan rings is 1. The number of hydrogen-bond acceptors (Lipinski definition) is 4. The molecule has 25 heavy (non-hydrogen) atoms. The van der Waals surface area contributed by atoms with Crippen LogP contribution in [-0.2, 0) is 11.2 Å². The molecule has 5 nitrogen and oxygen atoms in total. The summed E-state index contributed by atoms with van der Waals surface area (Å²) in [4.78, 5) is 14.9. The zero-order valence-electron chi connectivity index (χ0n) is 14.7. The van der Waals surface area contributed by atoms with E-state index in [2.05, 4.69) is 10.2 Å². The molecule has 2 aliphatic rings. The number of amides is 1. The van der Waals surface area contributed by atoms with Gasteiger partial charge in [-0.2, -0.15) is 0 Å². The Kier molecular flexibility index (Phi) is 4.52. The molecule has 134 valence electrons. The van der Waals surface area contributed by atoms with Crippen LogP contribution < -0.4 is 5.32 Å². The van der Waals surface area contributed by atoms with E-state index in [1.54, 1.807) is 6.26 Å². The first-order valence-electron chi connectivity index (χ1n) is 9.30. The number of benzene rings is 1. The number of nitrogens with one attached hydrogen (secondary N) is 1. The predicted molar refractivity (Wildman–Crippen MR) is 96.4 cm³/mol. The van der Waals surface area contributed by atoms with E-state index in [0.29, 0.717) is 0 Å². The van der Waals surface area contributed by atoms with Gasteiger partial charge in [-0.15, -0.1) is 0 Å². The first-order chi connectivity index (χ1) is 12.1. The van der Waals surface area contributed by atoms with E-state index in [0.717, 1.165) is 48.0 Å². The number of carbonyl (C=O) groups is 1. The molecule has 0 unspecified atom stereocenters. The lowest BCUT2D eigenvalue weighted by Crippen LogP contribution is -2.48. The second-order valence-electron chi connectivity index (χ2n) is 7.49. The summed E-state index contributed by atoms with van der Waals surface area (Å²) >= 11 is 0. The highest BCUT2D eigenvalue weighted by molar-refractivity contribution is 5.88. The third-order valence-corrected chi connectivity index (χ3v) is 5.70. The number of rotatable bonds is 4. The van der Waals surface area contributed by atoms with Crippen molar-refractivity contribution in [3.05, 3.63) is 35.6 Å². The number of carbonyl (C=O) groups excluding carboxylic acids is 1. The highest BCUT2D eigenvalue weighted by atomic mass is 16.3. The van der Waals surface area contributed by atoms with Crippen LogP contribution in [0, 0.1) is 6.92 Å². The molecule has 2 aromatic rings. The number of fused-ring (bicyclic) bond motifs is 1. The van der Waals surface area contributed by atoms with Gasteiger partial charge < -0.3 is 14.8 Å². The molecular weight excluding hydrogens is 316 g/mol. The Morgan fingerprint density at radius 2 is 2.12 bits per heavy atom. The first-order valence-corrected chi connectivity index (χ1v) is 9.30. The Balaban J connectivity index is 1.38. The minimum absolute atomic E-state index is 0.0469. The van der Waals surface area contributed by atoms with Crippen molar-refractivity contribution in [2.45, 2.75) is 57.2 Å². The van der Waals surface area contributed by atoms with Crippen molar-refractivity contribution in [2.75, 3.05) is 13.1 Å². The Hall–Kier alpha value is -1.85. The Morgan fingerprint density at radius 3 is 2.92 bits per heavy atom. The lowest BCUT2D eigenvalue weighted by Gasteiger charge is -2.28. The first kappa shape index (κ1) is 16.6. The van der Waals surface area contributed by atoms with Crippen LogP contribution in [0.5, 0.6) is 0 Å². The largest absolute Gasteiger partial charge is 0.464 e. The van der Waals surface area contributed by atoms with Gasteiger partial charge in [0.15, 0.2) is 0 Å². The number of nitrogens with zero attached hydrogens (tertiary/aromatic N) is 1. The quantitative estimate of drug-likeness (QED) is 0.895. The molecule has 0 bridgehead atoms. The predicted octanol–water partition coefficient (Wildman–Crippen LogP) is 2.39. The Labute approximate surface area is 148 Å². The summed E-state index contributed by atoms with van der Waals surface area (Å²) in [5.74, 6) is -0.0469. The van der Waals surface area contributed by atoms with E-state index in [-0.39, 0.29) is 24.4 Å². The second-order valence-corrected chi connectivity index (χ2v) is 7.49. The maximum Gasteiger partial charge on any atom is 0.224 e. The average Bonchev–Trinajstić information content (AvgIpc) is 3.30. The van der Waals surface area contributed by atoms with Crippen molar-refractivity contribution in [3.8, 4) is 0 Å². The van der Waals surface area contributed by atoms with Gasteiger partial charge in [0.05, 0.1) is 24.8 Å². The molecule has 1 aromatic heterocycles. The summed E-state index contributed by atoms with van der Waals surface area (Å²) in [6.45, 7) is 4.16. The van der Waals surface area contributed by atoms with Gasteiger partial charge in [0.1, 0.15) is 5.58 Å². The number of aliphatic hydroxyl groups excluding tert-OH is 1. The van der Waals surface area contributed by atoms with Crippen LogP contribution in [0.4, 0.5) is 0 Å². The third-order valence-electron chi connectivity index (χ3n) is 5.70. The van der Waals surface area contributed by atoms with Crippen LogP contribution in [-0.4, -0.2) is 47.2 Å². The molecule has 1 amide bonds. The molecule has 1 aliphatic carbocycles. The van der Waals surface area contributed by atoms with Crippen molar-refractivity contribution in [3.63, 3.8) is 0 Å². The maximum absolute atomic E-state index is 12.5. The van der Waals surface area contributed by atoms with E-state index >= 15 is 0 Å². The normalized spacial score (nSPS) is 27.2. The number of hydrogen-bond donors (Lipinski definition) is 2. The fourth-order valence-corrected chi connectivity index (χ4v) is 4.35. The van der Waals surface area contributed by atoms with E-state index in [1.807, 2.05) is 25.1 Å². The summed E-state index contributed by atoms with van der Waals surface area (Å²) in [5.41, 5.74) is 2.86. The highest BCUT2D eigenvalue weighted by Crippen LogP contribution is 2.28. The summed E-state index contributed by atoms with van der Waals surface area (Å²) in [6.07, 6.45) is 5.72. The second kappa shape index (κ2) is 6.81. The molecule has 1 aromatic carbocycles. The molecule has 5 heteroatoms. The van der Waals surface area contributed by atoms with Crippen LogP contribution in [0.2, 0.25) is 0 Å². The van der Waals surface area contributed by atoms with Crippen molar-refractivity contribution >= 4 is 16.9 Å². The zero-order chi connectivity index (χ0) is 17.4. The van der Waals surface area contributed by atoms with E-state index in [4.69, 9.17) is 4.42 Å². The summed E-state index contributed by atoms with van der Waals surface area (Å²) in [6, 6.07) is 6.08. The van der Waals surface area contributed by atoms with Crippen molar-refractivity contribution in [1.82, 2.24) is 10.2 Å². The van der Waals surface area contributed by atoms with Crippen LogP contribution in [0.25, 0.3) is 11.0 Å². The van der Waals surface area contributed by atoms with Gasteiger partial charge in [0.25, 0.3) is 0 Å². The molecule has 1 saturated carbocycles. The van der Waals surface area contributed by atoms with Crippen LogP contribution in [0.15, 0.2) is 28.9 Å². The van der Waals surface area contributed by atoms with Crippen LogP contribution in [0.3, 0.4) is 0 Å². The Morgan fingerprint density at radius 1 is 1.32 bits per heavy atom. The summed E-state index contributed by atoms with van der Waals surface area (Å²) in [7, 11) is 0. The fourth-order valence-electron chi connectivity index (χ4n) is 4.35. The van der Waals surface area contributed by atoms with Gasteiger partial charge in [0.2, 0.25) is 5.91 Å². The molecule has 1 aliphatic heterocycles. The zero-order valence-corrected chi connectivity index (χ0v) is 14.7. The highest BCUT2D eigenvalue weighted by Gasteiger charge is 2.39. The minimum atomic E-state index is -0.467. The van der Waals surface area contributed by atoms with Crippen LogP contribution >= 0.6 is 0 Å². The van der Waals surface area contributed by atoms with Crippen LogP contribution in [0.1, 0.15) is 36.8 Å².